The number of fused-ring (bicyclic) bond motifs is 1. The van der Waals surface area contributed by atoms with Gasteiger partial charge in [-0.25, -0.2) is 4.39 Å². The molecule has 2 N–H and O–H groups in total. The van der Waals surface area contributed by atoms with Crippen LogP contribution in [0.2, 0.25) is 10.0 Å². The van der Waals surface area contributed by atoms with Gasteiger partial charge in [0.25, 0.3) is 0 Å². The van der Waals surface area contributed by atoms with Gasteiger partial charge in [-0.3, -0.25) is 0 Å². The molecule has 2 aromatic rings. The zero-order valence-corrected chi connectivity index (χ0v) is 12.0. The molecule has 104 valence electrons. The van der Waals surface area contributed by atoms with Crippen LogP contribution in [0.1, 0.15) is 29.7 Å². The van der Waals surface area contributed by atoms with Crippen LogP contribution in [0.3, 0.4) is 0 Å². The molecule has 0 saturated carbocycles. The van der Waals surface area contributed by atoms with Crippen molar-refractivity contribution in [3.05, 3.63) is 63.4 Å². The molecule has 20 heavy (non-hydrogen) atoms. The third-order valence-electron chi connectivity index (χ3n) is 3.42. The first-order valence-corrected chi connectivity index (χ1v) is 6.97. The van der Waals surface area contributed by atoms with E-state index < -0.39 is 0 Å². The summed E-state index contributed by atoms with van der Waals surface area (Å²) in [6.45, 7) is 0. The van der Waals surface area contributed by atoms with Crippen LogP contribution in [0.15, 0.2) is 36.4 Å². The first-order valence-electron chi connectivity index (χ1n) is 6.21. The quantitative estimate of drug-likeness (QED) is 0.831. The fourth-order valence-corrected chi connectivity index (χ4v) is 2.90. The summed E-state index contributed by atoms with van der Waals surface area (Å²) in [5.74, 6) is 0.324. The van der Waals surface area contributed by atoms with Crippen molar-refractivity contribution in [2.75, 3.05) is 0 Å². The molecule has 2 aromatic carbocycles. The largest absolute Gasteiger partial charge is 0.485 e. The molecule has 2 atom stereocenters. The monoisotopic (exact) mass is 311 g/mol. The van der Waals surface area contributed by atoms with Gasteiger partial charge in [-0.1, -0.05) is 29.3 Å². The topological polar surface area (TPSA) is 35.2 Å². The maximum Gasteiger partial charge on any atom is 0.127 e. The SMILES string of the molecule is NC1CC(c2ccc(F)cc2Cl)Oc2ccc(Cl)cc21. The van der Waals surface area contributed by atoms with E-state index in [9.17, 15) is 4.39 Å². The highest BCUT2D eigenvalue weighted by atomic mass is 35.5. The van der Waals surface area contributed by atoms with Gasteiger partial charge in [0, 0.05) is 28.6 Å². The summed E-state index contributed by atoms with van der Waals surface area (Å²) >= 11 is 12.0. The Labute approximate surface area is 126 Å². The molecule has 2 unspecified atom stereocenters. The summed E-state index contributed by atoms with van der Waals surface area (Å²) < 4.78 is 19.0. The van der Waals surface area contributed by atoms with E-state index in [1.54, 1.807) is 18.2 Å². The average molecular weight is 312 g/mol. The van der Waals surface area contributed by atoms with Gasteiger partial charge in [0.1, 0.15) is 17.7 Å². The Morgan fingerprint density at radius 3 is 2.65 bits per heavy atom. The van der Waals surface area contributed by atoms with Crippen molar-refractivity contribution in [1.29, 1.82) is 0 Å². The lowest BCUT2D eigenvalue weighted by atomic mass is 9.93. The van der Waals surface area contributed by atoms with Crippen molar-refractivity contribution in [2.45, 2.75) is 18.6 Å². The fourth-order valence-electron chi connectivity index (χ4n) is 2.43. The van der Waals surface area contributed by atoms with Crippen LogP contribution < -0.4 is 10.5 Å². The van der Waals surface area contributed by atoms with Crippen molar-refractivity contribution in [2.24, 2.45) is 5.73 Å². The summed E-state index contributed by atoms with van der Waals surface area (Å²) in [5, 5.41) is 0.973. The van der Waals surface area contributed by atoms with Gasteiger partial charge in [-0.2, -0.15) is 0 Å². The standard InChI is InChI=1S/C15H12Cl2FNO/c16-8-1-4-14-11(5-8)13(19)7-15(20-14)10-3-2-9(18)6-12(10)17/h1-6,13,15H,7,19H2. The van der Waals surface area contributed by atoms with Crippen LogP contribution in [-0.4, -0.2) is 0 Å². The van der Waals surface area contributed by atoms with Crippen molar-refractivity contribution < 1.29 is 9.13 Å². The van der Waals surface area contributed by atoms with Crippen LogP contribution in [0, 0.1) is 5.82 Å². The molecule has 3 rings (SSSR count). The Morgan fingerprint density at radius 1 is 1.10 bits per heavy atom. The number of hydrogen-bond donors (Lipinski definition) is 1. The predicted molar refractivity (Wildman–Crippen MR) is 77.8 cm³/mol. The second kappa shape index (κ2) is 5.24. The van der Waals surface area contributed by atoms with Crippen molar-refractivity contribution >= 4 is 23.2 Å². The summed E-state index contributed by atoms with van der Waals surface area (Å²) in [5.41, 5.74) is 7.79. The molecule has 5 heteroatoms. The molecule has 0 bridgehead atoms. The van der Waals surface area contributed by atoms with Crippen molar-refractivity contribution in [3.8, 4) is 5.75 Å². The highest BCUT2D eigenvalue weighted by molar-refractivity contribution is 6.31. The molecule has 0 aromatic heterocycles. The van der Waals surface area contributed by atoms with Crippen LogP contribution in [0.5, 0.6) is 5.75 Å². The molecular formula is C15H12Cl2FNO. The second-order valence-corrected chi connectivity index (χ2v) is 5.64. The van der Waals surface area contributed by atoms with E-state index in [-0.39, 0.29) is 18.0 Å². The zero-order valence-electron chi connectivity index (χ0n) is 10.4. The molecule has 1 aliphatic rings. The Hall–Kier alpha value is -1.29. The van der Waals surface area contributed by atoms with Crippen LogP contribution in [-0.2, 0) is 0 Å². The number of ether oxygens (including phenoxy) is 1. The minimum atomic E-state index is -0.369. The first kappa shape index (κ1) is 13.7. The zero-order chi connectivity index (χ0) is 14.3. The van der Waals surface area contributed by atoms with Gasteiger partial charge in [0.2, 0.25) is 0 Å². The maximum absolute atomic E-state index is 13.1. The van der Waals surface area contributed by atoms with Crippen molar-refractivity contribution in [3.63, 3.8) is 0 Å². The van der Waals surface area contributed by atoms with E-state index in [0.29, 0.717) is 22.2 Å². The van der Waals surface area contributed by atoms with Gasteiger partial charge >= 0.3 is 0 Å². The molecule has 0 fully saturated rings. The molecule has 1 heterocycles. The fraction of sp³-hybridized carbons (Fsp3) is 0.200. The number of halogens is 3. The number of rotatable bonds is 1. The van der Waals surface area contributed by atoms with Gasteiger partial charge in [0.15, 0.2) is 0 Å². The summed E-state index contributed by atoms with van der Waals surface area (Å²) in [6.07, 6.45) is 0.283. The van der Waals surface area contributed by atoms with E-state index >= 15 is 0 Å². The average Bonchev–Trinajstić information content (AvgIpc) is 2.39. The summed E-state index contributed by atoms with van der Waals surface area (Å²) in [4.78, 5) is 0. The van der Waals surface area contributed by atoms with E-state index in [4.69, 9.17) is 33.7 Å². The minimum Gasteiger partial charge on any atom is -0.485 e. The summed E-state index contributed by atoms with van der Waals surface area (Å²) in [6, 6.07) is 9.45. The third kappa shape index (κ3) is 2.49. The second-order valence-electron chi connectivity index (χ2n) is 4.80. The van der Waals surface area contributed by atoms with E-state index in [2.05, 4.69) is 0 Å². The minimum absolute atomic E-state index is 0.191. The lowest BCUT2D eigenvalue weighted by molar-refractivity contribution is 0.161. The van der Waals surface area contributed by atoms with Gasteiger partial charge < -0.3 is 10.5 Å². The van der Waals surface area contributed by atoms with Gasteiger partial charge in [-0.15, -0.1) is 0 Å². The Bertz CT molecular complexity index is 662. The smallest absolute Gasteiger partial charge is 0.127 e. The van der Waals surface area contributed by atoms with Gasteiger partial charge in [-0.05, 0) is 30.3 Å². The normalized spacial score (nSPS) is 21.2. The lowest BCUT2D eigenvalue weighted by Crippen LogP contribution is -2.24. The highest BCUT2D eigenvalue weighted by Gasteiger charge is 2.28. The Balaban J connectivity index is 1.97. The first-order chi connectivity index (χ1) is 9.54. The number of hydrogen-bond acceptors (Lipinski definition) is 2. The predicted octanol–water partition coefficient (Wildman–Crippen LogP) is 4.66. The Morgan fingerprint density at radius 2 is 1.90 bits per heavy atom. The molecule has 1 aliphatic heterocycles. The van der Waals surface area contributed by atoms with E-state index in [0.717, 1.165) is 11.1 Å². The van der Waals surface area contributed by atoms with E-state index in [1.165, 1.54) is 12.1 Å². The maximum atomic E-state index is 13.1. The van der Waals surface area contributed by atoms with Crippen LogP contribution in [0.4, 0.5) is 4.39 Å². The Kier molecular flexibility index (Phi) is 3.59. The number of nitrogens with two attached hydrogens (primary N) is 1. The number of benzene rings is 2. The summed E-state index contributed by atoms with van der Waals surface area (Å²) in [7, 11) is 0. The van der Waals surface area contributed by atoms with Crippen LogP contribution >= 0.6 is 23.2 Å². The van der Waals surface area contributed by atoms with Crippen LogP contribution in [0.25, 0.3) is 0 Å². The van der Waals surface area contributed by atoms with E-state index in [1.807, 2.05) is 6.07 Å². The molecular weight excluding hydrogens is 300 g/mol. The van der Waals surface area contributed by atoms with Gasteiger partial charge in [0.05, 0.1) is 5.02 Å². The molecule has 0 aliphatic carbocycles. The highest BCUT2D eigenvalue weighted by Crippen LogP contribution is 2.42. The third-order valence-corrected chi connectivity index (χ3v) is 3.98. The molecule has 0 saturated heterocycles. The lowest BCUT2D eigenvalue weighted by Gasteiger charge is -2.31. The molecule has 0 radical (unpaired) electrons. The van der Waals surface area contributed by atoms with Crippen molar-refractivity contribution in [1.82, 2.24) is 0 Å². The molecule has 2 nitrogen and oxygen atoms in total. The molecule has 0 spiro atoms. The molecule has 0 amide bonds.